The fourth-order valence-corrected chi connectivity index (χ4v) is 3.12. The lowest BCUT2D eigenvalue weighted by atomic mass is 10.1. The van der Waals surface area contributed by atoms with Gasteiger partial charge in [0.1, 0.15) is 5.82 Å². The van der Waals surface area contributed by atoms with E-state index in [1.807, 2.05) is 6.07 Å². The van der Waals surface area contributed by atoms with Crippen LogP contribution in [0.1, 0.15) is 25.0 Å². The molecule has 0 fully saturated rings. The maximum Gasteiger partial charge on any atom is 0.249 e. The van der Waals surface area contributed by atoms with Gasteiger partial charge < -0.3 is 15.5 Å². The average Bonchev–Trinajstić information content (AvgIpc) is 2.73. The second-order valence-electron chi connectivity index (χ2n) is 6.76. The third kappa shape index (κ3) is 5.63. The van der Waals surface area contributed by atoms with Crippen LogP contribution >= 0.6 is 0 Å². The van der Waals surface area contributed by atoms with E-state index in [1.54, 1.807) is 18.3 Å². The van der Waals surface area contributed by atoms with E-state index in [1.165, 1.54) is 17.8 Å². The largest absolute Gasteiger partial charge is 0.372 e. The van der Waals surface area contributed by atoms with Gasteiger partial charge in [-0.2, -0.15) is 10.1 Å². The summed E-state index contributed by atoms with van der Waals surface area (Å²) in [6, 6.07) is 12.8. The first-order valence-corrected chi connectivity index (χ1v) is 9.89. The molecule has 0 bridgehead atoms. The van der Waals surface area contributed by atoms with Gasteiger partial charge in [-0.05, 0) is 68.7 Å². The highest BCUT2D eigenvalue weighted by Crippen LogP contribution is 2.24. The standard InChI is InChI=1S/C22H27FN6/c1-4-29(5-2)19-10-11-20(16(3)14-19)26-22-27-21(15-25-28-22)24-13-12-17-6-8-18(23)9-7-17/h6-11,14-15H,4-5,12-13H2,1-3H3,(H2,24,26,27,28). The third-order valence-corrected chi connectivity index (χ3v) is 4.78. The fourth-order valence-electron chi connectivity index (χ4n) is 3.12. The number of hydrogen-bond acceptors (Lipinski definition) is 6. The van der Waals surface area contributed by atoms with Crippen LogP contribution in [0.5, 0.6) is 0 Å². The number of rotatable bonds is 9. The minimum absolute atomic E-state index is 0.224. The number of hydrogen-bond donors (Lipinski definition) is 2. The molecule has 152 valence electrons. The minimum atomic E-state index is -0.224. The van der Waals surface area contributed by atoms with Crippen LogP contribution in [-0.4, -0.2) is 34.8 Å². The Labute approximate surface area is 171 Å². The molecule has 0 aliphatic rings. The predicted molar refractivity (Wildman–Crippen MR) is 116 cm³/mol. The molecule has 0 atom stereocenters. The Morgan fingerprint density at radius 3 is 2.48 bits per heavy atom. The van der Waals surface area contributed by atoms with Gasteiger partial charge in [-0.3, -0.25) is 0 Å². The molecule has 6 nitrogen and oxygen atoms in total. The molecule has 0 aliphatic heterocycles. The van der Waals surface area contributed by atoms with Gasteiger partial charge >= 0.3 is 0 Å². The highest BCUT2D eigenvalue weighted by molar-refractivity contribution is 5.64. The maximum absolute atomic E-state index is 13.0. The van der Waals surface area contributed by atoms with Gasteiger partial charge in [0.05, 0.1) is 6.20 Å². The molecule has 2 aromatic carbocycles. The molecule has 1 heterocycles. The molecule has 0 unspecified atom stereocenters. The Hall–Kier alpha value is -3.22. The Bertz CT molecular complexity index is 925. The lowest BCUT2D eigenvalue weighted by molar-refractivity contribution is 0.627. The van der Waals surface area contributed by atoms with E-state index in [9.17, 15) is 4.39 Å². The summed E-state index contributed by atoms with van der Waals surface area (Å²) in [5, 5.41) is 14.6. The number of nitrogens with one attached hydrogen (secondary N) is 2. The molecule has 3 aromatic rings. The first-order chi connectivity index (χ1) is 14.1. The number of nitrogens with zero attached hydrogens (tertiary/aromatic N) is 4. The van der Waals surface area contributed by atoms with Crippen LogP contribution in [0.15, 0.2) is 48.7 Å². The van der Waals surface area contributed by atoms with Crippen LogP contribution in [0.3, 0.4) is 0 Å². The summed E-state index contributed by atoms with van der Waals surface area (Å²) in [6.07, 6.45) is 2.35. The van der Waals surface area contributed by atoms with Crippen molar-refractivity contribution in [3.05, 3.63) is 65.6 Å². The molecule has 0 aliphatic carbocycles. The van der Waals surface area contributed by atoms with Crippen LogP contribution in [0.25, 0.3) is 0 Å². The SMILES string of the molecule is CCN(CC)c1ccc(Nc2nncc(NCCc3ccc(F)cc3)n2)c(C)c1. The number of anilines is 4. The van der Waals surface area contributed by atoms with Crippen molar-refractivity contribution in [3.8, 4) is 0 Å². The first kappa shape index (κ1) is 20.5. The van der Waals surface area contributed by atoms with E-state index in [2.05, 4.69) is 63.6 Å². The van der Waals surface area contributed by atoms with E-state index in [4.69, 9.17) is 0 Å². The quantitative estimate of drug-likeness (QED) is 0.554. The van der Waals surface area contributed by atoms with Crippen LogP contribution in [0.4, 0.5) is 27.5 Å². The summed E-state index contributed by atoms with van der Waals surface area (Å²) in [5.41, 5.74) is 4.33. The van der Waals surface area contributed by atoms with Gasteiger partial charge in [0.2, 0.25) is 5.95 Å². The Kier molecular flexibility index (Phi) is 6.94. The van der Waals surface area contributed by atoms with Crippen LogP contribution in [0.2, 0.25) is 0 Å². The van der Waals surface area contributed by atoms with Crippen LogP contribution < -0.4 is 15.5 Å². The topological polar surface area (TPSA) is 66.0 Å². The van der Waals surface area contributed by atoms with Crippen molar-refractivity contribution in [2.45, 2.75) is 27.2 Å². The number of aryl methyl sites for hydroxylation is 1. The average molecular weight is 394 g/mol. The van der Waals surface area contributed by atoms with Gasteiger partial charge in [0, 0.05) is 31.0 Å². The highest BCUT2D eigenvalue weighted by atomic mass is 19.1. The molecule has 2 N–H and O–H groups in total. The lowest BCUT2D eigenvalue weighted by Gasteiger charge is -2.22. The molecule has 0 spiro atoms. The molecule has 0 saturated carbocycles. The van der Waals surface area contributed by atoms with Gasteiger partial charge in [0.15, 0.2) is 5.82 Å². The van der Waals surface area contributed by atoms with E-state index >= 15 is 0 Å². The number of benzene rings is 2. The summed E-state index contributed by atoms with van der Waals surface area (Å²) < 4.78 is 13.0. The van der Waals surface area contributed by atoms with E-state index in [0.717, 1.165) is 36.3 Å². The normalized spacial score (nSPS) is 10.6. The zero-order valence-electron chi connectivity index (χ0n) is 17.1. The fraction of sp³-hybridized carbons (Fsp3) is 0.318. The molecular weight excluding hydrogens is 367 g/mol. The molecule has 7 heteroatoms. The van der Waals surface area contributed by atoms with Gasteiger partial charge in [-0.1, -0.05) is 12.1 Å². The molecule has 0 radical (unpaired) electrons. The molecule has 29 heavy (non-hydrogen) atoms. The molecular formula is C22H27FN6. The zero-order chi connectivity index (χ0) is 20.6. The van der Waals surface area contributed by atoms with Crippen molar-refractivity contribution >= 4 is 23.1 Å². The summed E-state index contributed by atoms with van der Waals surface area (Å²) in [4.78, 5) is 6.78. The van der Waals surface area contributed by atoms with E-state index < -0.39 is 0 Å². The van der Waals surface area contributed by atoms with Crippen LogP contribution in [0, 0.1) is 12.7 Å². The minimum Gasteiger partial charge on any atom is -0.372 e. The monoisotopic (exact) mass is 394 g/mol. The number of halogens is 1. The Balaban J connectivity index is 1.61. The van der Waals surface area contributed by atoms with E-state index in [-0.39, 0.29) is 5.82 Å². The maximum atomic E-state index is 13.0. The number of aromatic nitrogens is 3. The van der Waals surface area contributed by atoms with Crippen molar-refractivity contribution < 1.29 is 4.39 Å². The molecule has 0 amide bonds. The predicted octanol–water partition coefficient (Wildman–Crippen LogP) is 4.56. The summed E-state index contributed by atoms with van der Waals surface area (Å²) >= 11 is 0. The first-order valence-electron chi connectivity index (χ1n) is 9.89. The Morgan fingerprint density at radius 1 is 1.03 bits per heavy atom. The van der Waals surface area contributed by atoms with Crippen LogP contribution in [-0.2, 0) is 6.42 Å². The van der Waals surface area contributed by atoms with Gasteiger partial charge in [0.25, 0.3) is 0 Å². The van der Waals surface area contributed by atoms with Crippen molar-refractivity contribution in [1.82, 2.24) is 15.2 Å². The third-order valence-electron chi connectivity index (χ3n) is 4.78. The van der Waals surface area contributed by atoms with Gasteiger partial charge in [-0.15, -0.1) is 5.10 Å². The smallest absolute Gasteiger partial charge is 0.249 e. The van der Waals surface area contributed by atoms with Crippen molar-refractivity contribution in [2.75, 3.05) is 35.2 Å². The Morgan fingerprint density at radius 2 is 1.79 bits per heavy atom. The molecule has 1 aromatic heterocycles. The molecule has 0 saturated heterocycles. The highest BCUT2D eigenvalue weighted by Gasteiger charge is 2.07. The second kappa shape index (κ2) is 9.82. The second-order valence-corrected chi connectivity index (χ2v) is 6.76. The van der Waals surface area contributed by atoms with E-state index in [0.29, 0.717) is 18.3 Å². The van der Waals surface area contributed by atoms with Crippen molar-refractivity contribution in [2.24, 2.45) is 0 Å². The molecule has 3 rings (SSSR count). The van der Waals surface area contributed by atoms with Crippen molar-refractivity contribution in [1.29, 1.82) is 0 Å². The summed E-state index contributed by atoms with van der Waals surface area (Å²) in [5.74, 6) is 0.857. The zero-order valence-corrected chi connectivity index (χ0v) is 17.1. The summed E-state index contributed by atoms with van der Waals surface area (Å²) in [7, 11) is 0. The summed E-state index contributed by atoms with van der Waals surface area (Å²) in [6.45, 7) is 8.98. The van der Waals surface area contributed by atoms with Gasteiger partial charge in [-0.25, -0.2) is 4.39 Å². The van der Waals surface area contributed by atoms with Crippen molar-refractivity contribution in [3.63, 3.8) is 0 Å². The lowest BCUT2D eigenvalue weighted by Crippen LogP contribution is -2.21.